The SMILES string of the molecule is CSc1cc(C(=O)N2CCNC(C)C2C)c(Cl)cc1Cl.Cl. The molecular weight excluding hydrogens is 351 g/mol. The van der Waals surface area contributed by atoms with Crippen LogP contribution in [0.2, 0.25) is 10.0 Å². The van der Waals surface area contributed by atoms with Crippen LogP contribution in [0, 0.1) is 0 Å². The maximum atomic E-state index is 12.7. The van der Waals surface area contributed by atoms with E-state index in [1.54, 1.807) is 12.1 Å². The lowest BCUT2D eigenvalue weighted by Gasteiger charge is -2.38. The van der Waals surface area contributed by atoms with E-state index in [9.17, 15) is 4.79 Å². The molecule has 1 N–H and O–H groups in total. The number of thioether (sulfide) groups is 1. The van der Waals surface area contributed by atoms with Crippen molar-refractivity contribution in [2.75, 3.05) is 19.3 Å². The number of nitrogens with one attached hydrogen (secondary N) is 1. The number of amides is 1. The molecule has 0 spiro atoms. The molecule has 1 aliphatic rings. The molecule has 1 fully saturated rings. The summed E-state index contributed by atoms with van der Waals surface area (Å²) < 4.78 is 0. The van der Waals surface area contributed by atoms with Gasteiger partial charge in [-0.25, -0.2) is 0 Å². The molecule has 0 saturated carbocycles. The molecule has 0 aromatic heterocycles. The van der Waals surface area contributed by atoms with Gasteiger partial charge in [0.15, 0.2) is 0 Å². The Bertz CT molecular complexity index is 527. The Morgan fingerprint density at radius 1 is 1.33 bits per heavy atom. The second-order valence-electron chi connectivity index (χ2n) is 4.95. The molecule has 0 aliphatic carbocycles. The van der Waals surface area contributed by atoms with E-state index in [1.165, 1.54) is 11.8 Å². The summed E-state index contributed by atoms with van der Waals surface area (Å²) in [7, 11) is 0. The summed E-state index contributed by atoms with van der Waals surface area (Å²) in [5.41, 5.74) is 0.529. The van der Waals surface area contributed by atoms with Crippen LogP contribution in [0.25, 0.3) is 0 Å². The third kappa shape index (κ3) is 3.99. The van der Waals surface area contributed by atoms with Crippen molar-refractivity contribution >= 4 is 53.3 Å². The van der Waals surface area contributed by atoms with Crippen LogP contribution in [0.1, 0.15) is 24.2 Å². The Kier molecular flexibility index (Phi) is 7.14. The lowest BCUT2D eigenvalue weighted by molar-refractivity contribution is 0.0603. The van der Waals surface area contributed by atoms with E-state index in [-0.39, 0.29) is 30.4 Å². The summed E-state index contributed by atoms with van der Waals surface area (Å²) >= 11 is 13.8. The topological polar surface area (TPSA) is 32.3 Å². The molecule has 0 radical (unpaired) electrons. The standard InChI is InChI=1S/C14H18Cl2N2OS.ClH/c1-8-9(2)18(5-4-17-8)14(19)10-6-13(20-3)12(16)7-11(10)15;/h6-9,17H,4-5H2,1-3H3;1H. The van der Waals surface area contributed by atoms with Gasteiger partial charge in [0.2, 0.25) is 0 Å². The predicted octanol–water partition coefficient (Wildman–Crippen LogP) is 3.96. The van der Waals surface area contributed by atoms with Crippen LogP contribution in [-0.2, 0) is 0 Å². The van der Waals surface area contributed by atoms with Crippen LogP contribution in [0.15, 0.2) is 17.0 Å². The first-order valence-corrected chi connectivity index (χ1v) is 8.51. The second-order valence-corrected chi connectivity index (χ2v) is 6.61. The van der Waals surface area contributed by atoms with E-state index in [0.29, 0.717) is 22.2 Å². The van der Waals surface area contributed by atoms with Gasteiger partial charge in [-0.15, -0.1) is 24.2 Å². The van der Waals surface area contributed by atoms with Crippen LogP contribution in [0.3, 0.4) is 0 Å². The Morgan fingerprint density at radius 3 is 2.62 bits per heavy atom. The summed E-state index contributed by atoms with van der Waals surface area (Å²) in [6, 6.07) is 3.86. The predicted molar refractivity (Wildman–Crippen MR) is 93.5 cm³/mol. The van der Waals surface area contributed by atoms with E-state index < -0.39 is 0 Å². The smallest absolute Gasteiger partial charge is 0.255 e. The van der Waals surface area contributed by atoms with Gasteiger partial charge in [-0.2, -0.15) is 0 Å². The third-order valence-corrected chi connectivity index (χ3v) is 5.28. The molecule has 1 aromatic rings. The quantitative estimate of drug-likeness (QED) is 0.801. The van der Waals surface area contributed by atoms with Gasteiger partial charge in [-0.3, -0.25) is 4.79 Å². The summed E-state index contributed by atoms with van der Waals surface area (Å²) in [6.07, 6.45) is 1.93. The fourth-order valence-corrected chi connectivity index (χ4v) is 3.53. The average molecular weight is 370 g/mol. The normalized spacial score (nSPS) is 21.9. The summed E-state index contributed by atoms with van der Waals surface area (Å²) in [4.78, 5) is 15.5. The monoisotopic (exact) mass is 368 g/mol. The van der Waals surface area contributed by atoms with Crippen molar-refractivity contribution in [2.24, 2.45) is 0 Å². The highest BCUT2D eigenvalue weighted by atomic mass is 35.5. The Hall–Kier alpha value is -0.130. The van der Waals surface area contributed by atoms with Gasteiger partial charge in [0.25, 0.3) is 5.91 Å². The summed E-state index contributed by atoms with van der Waals surface area (Å²) in [5.74, 6) is -0.0252. The average Bonchev–Trinajstić information content (AvgIpc) is 2.41. The molecule has 3 nitrogen and oxygen atoms in total. The highest BCUT2D eigenvalue weighted by Crippen LogP contribution is 2.32. The van der Waals surface area contributed by atoms with Gasteiger partial charge in [-0.1, -0.05) is 23.2 Å². The maximum Gasteiger partial charge on any atom is 0.255 e. The molecular formula is C14H19Cl3N2OS. The molecule has 0 bridgehead atoms. The largest absolute Gasteiger partial charge is 0.333 e. The molecule has 2 atom stereocenters. The molecule has 1 heterocycles. The van der Waals surface area contributed by atoms with Crippen molar-refractivity contribution in [2.45, 2.75) is 30.8 Å². The third-order valence-electron chi connectivity index (χ3n) is 3.77. The highest BCUT2D eigenvalue weighted by Gasteiger charge is 2.30. The molecule has 1 amide bonds. The first-order chi connectivity index (χ1) is 9.45. The number of halogens is 3. The Labute approximate surface area is 146 Å². The number of hydrogen-bond donors (Lipinski definition) is 1. The van der Waals surface area contributed by atoms with Crippen LogP contribution >= 0.6 is 47.4 Å². The zero-order valence-corrected chi connectivity index (χ0v) is 15.3. The zero-order chi connectivity index (χ0) is 14.9. The van der Waals surface area contributed by atoms with Gasteiger partial charge in [0.1, 0.15) is 0 Å². The van der Waals surface area contributed by atoms with Crippen LogP contribution in [-0.4, -0.2) is 42.2 Å². The molecule has 1 saturated heterocycles. The van der Waals surface area contributed by atoms with Gasteiger partial charge < -0.3 is 10.2 Å². The van der Waals surface area contributed by atoms with E-state index in [1.807, 2.05) is 18.1 Å². The molecule has 2 rings (SSSR count). The van der Waals surface area contributed by atoms with Crippen molar-refractivity contribution in [1.29, 1.82) is 0 Å². The van der Waals surface area contributed by atoms with E-state index in [2.05, 4.69) is 12.2 Å². The maximum absolute atomic E-state index is 12.7. The van der Waals surface area contributed by atoms with E-state index >= 15 is 0 Å². The number of carbonyl (C=O) groups excluding carboxylic acids is 1. The van der Waals surface area contributed by atoms with Crippen molar-refractivity contribution in [1.82, 2.24) is 10.2 Å². The fourth-order valence-electron chi connectivity index (χ4n) is 2.35. The van der Waals surface area contributed by atoms with Crippen LogP contribution in [0.5, 0.6) is 0 Å². The number of piperazine rings is 1. The van der Waals surface area contributed by atoms with Gasteiger partial charge in [-0.05, 0) is 32.2 Å². The minimum Gasteiger partial charge on any atom is -0.333 e. The lowest BCUT2D eigenvalue weighted by Crippen LogP contribution is -2.57. The fraction of sp³-hybridized carbons (Fsp3) is 0.500. The minimum absolute atomic E-state index is 0. The lowest BCUT2D eigenvalue weighted by atomic mass is 10.1. The molecule has 21 heavy (non-hydrogen) atoms. The second kappa shape index (κ2) is 7.93. The Balaban J connectivity index is 0.00000220. The van der Waals surface area contributed by atoms with Crippen molar-refractivity contribution in [3.8, 4) is 0 Å². The minimum atomic E-state index is -0.0252. The molecule has 1 aliphatic heterocycles. The number of rotatable bonds is 2. The van der Waals surface area contributed by atoms with Crippen LogP contribution in [0.4, 0.5) is 0 Å². The highest BCUT2D eigenvalue weighted by molar-refractivity contribution is 7.98. The molecule has 118 valence electrons. The first-order valence-electron chi connectivity index (χ1n) is 6.53. The zero-order valence-electron chi connectivity index (χ0n) is 12.2. The van der Waals surface area contributed by atoms with Gasteiger partial charge in [0, 0.05) is 30.1 Å². The molecule has 1 aromatic carbocycles. The van der Waals surface area contributed by atoms with Crippen molar-refractivity contribution < 1.29 is 4.79 Å². The molecule has 7 heteroatoms. The molecule has 2 unspecified atom stereocenters. The van der Waals surface area contributed by atoms with Gasteiger partial charge >= 0.3 is 0 Å². The summed E-state index contributed by atoms with van der Waals surface area (Å²) in [5, 5.41) is 4.36. The first kappa shape index (κ1) is 18.9. The number of carbonyl (C=O) groups is 1. The number of nitrogens with zero attached hydrogens (tertiary/aromatic N) is 1. The summed E-state index contributed by atoms with van der Waals surface area (Å²) in [6.45, 7) is 5.63. The number of hydrogen-bond acceptors (Lipinski definition) is 3. The van der Waals surface area contributed by atoms with Gasteiger partial charge in [0.05, 0.1) is 15.6 Å². The van der Waals surface area contributed by atoms with Crippen molar-refractivity contribution in [3.05, 3.63) is 27.7 Å². The van der Waals surface area contributed by atoms with E-state index in [4.69, 9.17) is 23.2 Å². The Morgan fingerprint density at radius 2 is 2.00 bits per heavy atom. The number of benzene rings is 1. The van der Waals surface area contributed by atoms with Crippen LogP contribution < -0.4 is 5.32 Å². The van der Waals surface area contributed by atoms with E-state index in [0.717, 1.165) is 11.4 Å². The van der Waals surface area contributed by atoms with Crippen molar-refractivity contribution in [3.63, 3.8) is 0 Å².